The number of nitrogens with one attached hydrogen (secondary N) is 1. The Balaban J connectivity index is 1.88. The van der Waals surface area contributed by atoms with E-state index in [2.05, 4.69) is 54.5 Å². The van der Waals surface area contributed by atoms with Crippen molar-refractivity contribution in [2.24, 2.45) is 0 Å². The smallest absolute Gasteiger partial charge is 0.105 e. The van der Waals surface area contributed by atoms with Crippen molar-refractivity contribution in [2.45, 2.75) is 32.9 Å². The second-order valence-electron chi connectivity index (χ2n) is 5.78. The summed E-state index contributed by atoms with van der Waals surface area (Å²) in [5.41, 5.74) is 3.94. The summed E-state index contributed by atoms with van der Waals surface area (Å²) >= 11 is 0. The highest BCUT2D eigenvalue weighted by atomic mass is 16.3. The van der Waals surface area contributed by atoms with Crippen LogP contribution in [0.2, 0.25) is 0 Å². The summed E-state index contributed by atoms with van der Waals surface area (Å²) in [6, 6.07) is 11.3. The van der Waals surface area contributed by atoms with Gasteiger partial charge < -0.3 is 14.6 Å². The van der Waals surface area contributed by atoms with Crippen molar-refractivity contribution in [1.29, 1.82) is 0 Å². The molecule has 1 unspecified atom stereocenters. The lowest BCUT2D eigenvalue weighted by Gasteiger charge is -2.22. The molecule has 3 heteroatoms. The van der Waals surface area contributed by atoms with Gasteiger partial charge in [0.15, 0.2) is 0 Å². The lowest BCUT2D eigenvalue weighted by atomic mass is 10.0. The molecule has 0 bridgehead atoms. The highest BCUT2D eigenvalue weighted by Gasteiger charge is 2.11. The van der Waals surface area contributed by atoms with Gasteiger partial charge >= 0.3 is 0 Å². The molecule has 2 aromatic rings. The Morgan fingerprint density at radius 1 is 1.14 bits per heavy atom. The predicted molar refractivity (Wildman–Crippen MR) is 87.4 cm³/mol. The van der Waals surface area contributed by atoms with Gasteiger partial charge in [0.25, 0.3) is 0 Å². The first kappa shape index (κ1) is 15.8. The molecule has 3 nitrogen and oxygen atoms in total. The average Bonchev–Trinajstić information content (AvgIpc) is 2.87. The van der Waals surface area contributed by atoms with Gasteiger partial charge in [0.2, 0.25) is 0 Å². The molecule has 0 amide bonds. The van der Waals surface area contributed by atoms with E-state index < -0.39 is 0 Å². The Bertz CT molecular complexity index is 545. The number of hydrogen-bond donors (Lipinski definition) is 1. The molecule has 0 aliphatic heterocycles. The Morgan fingerprint density at radius 3 is 2.43 bits per heavy atom. The van der Waals surface area contributed by atoms with Crippen LogP contribution in [0.4, 0.5) is 0 Å². The zero-order valence-electron chi connectivity index (χ0n) is 13.5. The molecule has 1 aromatic heterocycles. The van der Waals surface area contributed by atoms with Gasteiger partial charge in [-0.15, -0.1) is 0 Å². The Hall–Kier alpha value is -1.58. The molecule has 21 heavy (non-hydrogen) atoms. The largest absolute Gasteiger partial charge is 0.469 e. The van der Waals surface area contributed by atoms with Crippen molar-refractivity contribution < 1.29 is 4.42 Å². The van der Waals surface area contributed by atoms with Crippen molar-refractivity contribution in [3.8, 4) is 0 Å². The summed E-state index contributed by atoms with van der Waals surface area (Å²) in [6.45, 7) is 6.13. The molecule has 114 valence electrons. The lowest BCUT2D eigenvalue weighted by Crippen LogP contribution is -2.25. The molecule has 1 heterocycles. The van der Waals surface area contributed by atoms with Gasteiger partial charge in [0, 0.05) is 18.2 Å². The minimum Gasteiger partial charge on any atom is -0.469 e. The SMILES string of the molecule is CNC(CCN(C)Cc1ccoc1C)c1ccc(C)cc1. The summed E-state index contributed by atoms with van der Waals surface area (Å²) in [6.07, 6.45) is 2.86. The molecule has 1 N–H and O–H groups in total. The van der Waals surface area contributed by atoms with Crippen LogP contribution in [0, 0.1) is 13.8 Å². The average molecular weight is 286 g/mol. The minimum absolute atomic E-state index is 0.401. The summed E-state index contributed by atoms with van der Waals surface area (Å²) < 4.78 is 5.35. The van der Waals surface area contributed by atoms with Crippen LogP contribution < -0.4 is 5.32 Å². The minimum atomic E-state index is 0.401. The van der Waals surface area contributed by atoms with Crippen molar-refractivity contribution in [3.63, 3.8) is 0 Å². The van der Waals surface area contributed by atoms with Crippen LogP contribution in [-0.2, 0) is 6.54 Å². The maximum Gasteiger partial charge on any atom is 0.105 e. The Morgan fingerprint density at radius 2 is 1.86 bits per heavy atom. The fraction of sp³-hybridized carbons (Fsp3) is 0.444. The van der Waals surface area contributed by atoms with Crippen molar-refractivity contribution in [1.82, 2.24) is 10.2 Å². The second kappa shape index (κ2) is 7.43. The Kier molecular flexibility index (Phi) is 5.59. The maximum atomic E-state index is 5.35. The molecular formula is C18H26N2O. The normalized spacial score (nSPS) is 12.8. The quantitative estimate of drug-likeness (QED) is 0.841. The van der Waals surface area contributed by atoms with Crippen LogP contribution in [0.5, 0.6) is 0 Å². The number of furan rings is 1. The molecule has 0 saturated heterocycles. The molecule has 0 fully saturated rings. The first-order valence-corrected chi connectivity index (χ1v) is 7.55. The predicted octanol–water partition coefficient (Wildman–Crippen LogP) is 3.68. The number of aryl methyl sites for hydroxylation is 2. The number of rotatable bonds is 7. The summed E-state index contributed by atoms with van der Waals surface area (Å²) in [4.78, 5) is 2.34. The third-order valence-electron chi connectivity index (χ3n) is 4.03. The number of hydrogen-bond acceptors (Lipinski definition) is 3. The Labute approximate surface area is 128 Å². The van der Waals surface area contributed by atoms with Gasteiger partial charge in [-0.1, -0.05) is 29.8 Å². The molecule has 1 aromatic carbocycles. The van der Waals surface area contributed by atoms with Crippen LogP contribution >= 0.6 is 0 Å². The number of nitrogens with zero attached hydrogens (tertiary/aromatic N) is 1. The van der Waals surface area contributed by atoms with E-state index in [1.54, 1.807) is 6.26 Å². The van der Waals surface area contributed by atoms with Gasteiger partial charge in [0.05, 0.1) is 6.26 Å². The van der Waals surface area contributed by atoms with Crippen LogP contribution in [0.15, 0.2) is 41.0 Å². The molecule has 0 aliphatic carbocycles. The van der Waals surface area contributed by atoms with Crippen molar-refractivity contribution >= 4 is 0 Å². The maximum absolute atomic E-state index is 5.35. The van der Waals surface area contributed by atoms with E-state index in [4.69, 9.17) is 4.42 Å². The summed E-state index contributed by atoms with van der Waals surface area (Å²) in [5.74, 6) is 1.02. The first-order valence-electron chi connectivity index (χ1n) is 7.55. The van der Waals surface area contributed by atoms with Crippen LogP contribution in [0.1, 0.15) is 34.9 Å². The van der Waals surface area contributed by atoms with E-state index in [-0.39, 0.29) is 0 Å². The van der Waals surface area contributed by atoms with Gasteiger partial charge in [0.1, 0.15) is 5.76 Å². The van der Waals surface area contributed by atoms with E-state index >= 15 is 0 Å². The fourth-order valence-electron chi connectivity index (χ4n) is 2.57. The lowest BCUT2D eigenvalue weighted by molar-refractivity contribution is 0.302. The van der Waals surface area contributed by atoms with E-state index in [1.165, 1.54) is 16.7 Å². The van der Waals surface area contributed by atoms with E-state index in [0.717, 1.165) is 25.3 Å². The summed E-state index contributed by atoms with van der Waals surface area (Å²) in [7, 11) is 4.19. The van der Waals surface area contributed by atoms with Gasteiger partial charge in [-0.25, -0.2) is 0 Å². The molecule has 0 aliphatic rings. The number of benzene rings is 1. The third-order valence-corrected chi connectivity index (χ3v) is 4.03. The van der Waals surface area contributed by atoms with Gasteiger partial charge in [-0.3, -0.25) is 0 Å². The van der Waals surface area contributed by atoms with Crippen molar-refractivity contribution in [2.75, 3.05) is 20.6 Å². The molecule has 0 radical (unpaired) electrons. The third kappa shape index (κ3) is 4.45. The fourth-order valence-corrected chi connectivity index (χ4v) is 2.57. The standard InChI is InChI=1S/C18H26N2O/c1-14-5-7-16(8-6-14)18(19-3)9-11-20(4)13-17-10-12-21-15(17)2/h5-8,10,12,18-19H,9,11,13H2,1-4H3. The topological polar surface area (TPSA) is 28.4 Å². The zero-order valence-corrected chi connectivity index (χ0v) is 13.5. The molecular weight excluding hydrogens is 260 g/mol. The van der Waals surface area contributed by atoms with E-state index in [1.807, 2.05) is 14.0 Å². The zero-order chi connectivity index (χ0) is 15.2. The van der Waals surface area contributed by atoms with E-state index in [9.17, 15) is 0 Å². The molecule has 0 spiro atoms. The molecule has 1 atom stereocenters. The van der Waals surface area contributed by atoms with Crippen LogP contribution in [0.3, 0.4) is 0 Å². The first-order chi connectivity index (χ1) is 10.1. The highest BCUT2D eigenvalue weighted by Crippen LogP contribution is 2.18. The monoisotopic (exact) mass is 286 g/mol. The molecule has 0 saturated carbocycles. The van der Waals surface area contributed by atoms with Crippen LogP contribution in [-0.4, -0.2) is 25.5 Å². The highest BCUT2D eigenvalue weighted by molar-refractivity contribution is 5.24. The summed E-state index contributed by atoms with van der Waals surface area (Å²) in [5, 5.41) is 3.42. The van der Waals surface area contributed by atoms with Gasteiger partial charge in [-0.2, -0.15) is 0 Å². The molecule has 2 rings (SSSR count). The van der Waals surface area contributed by atoms with Crippen molar-refractivity contribution in [3.05, 3.63) is 59.0 Å². The second-order valence-corrected chi connectivity index (χ2v) is 5.78. The van der Waals surface area contributed by atoms with E-state index in [0.29, 0.717) is 6.04 Å². The van der Waals surface area contributed by atoms with Gasteiger partial charge in [-0.05, 0) is 52.5 Å². The van der Waals surface area contributed by atoms with Crippen LogP contribution in [0.25, 0.3) is 0 Å².